The van der Waals surface area contributed by atoms with Crippen molar-refractivity contribution in [2.24, 2.45) is 0 Å². The van der Waals surface area contributed by atoms with Crippen molar-refractivity contribution in [1.29, 1.82) is 0 Å². The zero-order chi connectivity index (χ0) is 16.6. The van der Waals surface area contributed by atoms with E-state index in [-0.39, 0.29) is 30.0 Å². The second-order valence-corrected chi connectivity index (χ2v) is 7.15. The molecule has 3 rings (SSSR count). The third-order valence-corrected chi connectivity index (χ3v) is 4.74. The number of nitrogen functional groups attached to an aromatic ring is 1. The summed E-state index contributed by atoms with van der Waals surface area (Å²) in [5, 5.41) is 4.91. The third kappa shape index (κ3) is 3.76. The number of nitrogens with two attached hydrogens (primary N) is 1. The van der Waals surface area contributed by atoms with Gasteiger partial charge in [-0.15, -0.1) is 23.7 Å². The first-order valence-electron chi connectivity index (χ1n) is 7.40. The Balaban J connectivity index is 0.00000208. The number of benzene rings is 1. The molecule has 5 nitrogen and oxygen atoms in total. The number of methoxy groups -OCH3 is 1. The lowest BCUT2D eigenvalue weighted by Crippen LogP contribution is -2.41. The second kappa shape index (κ2) is 6.91. The summed E-state index contributed by atoms with van der Waals surface area (Å²) in [6.07, 6.45) is 0.678. The first kappa shape index (κ1) is 18.4. The van der Waals surface area contributed by atoms with Crippen LogP contribution >= 0.6 is 23.7 Å². The Morgan fingerprint density at radius 1 is 1.42 bits per heavy atom. The van der Waals surface area contributed by atoms with Crippen molar-refractivity contribution in [2.75, 3.05) is 12.8 Å². The standard InChI is InChI=1S/C17H20N2O3S.ClH/c1-17(2)8-13(12-6-10(18)4-5-14(12)22-17)19-16(20)15-7-11(21-3)9-23-15;/h4-7,9,13H,8,18H2,1-3H3,(H,19,20);1H. The van der Waals surface area contributed by atoms with E-state index in [1.807, 2.05) is 37.4 Å². The van der Waals surface area contributed by atoms with Gasteiger partial charge in [0.2, 0.25) is 0 Å². The summed E-state index contributed by atoms with van der Waals surface area (Å²) in [6.45, 7) is 4.03. The van der Waals surface area contributed by atoms with E-state index in [1.165, 1.54) is 11.3 Å². The van der Waals surface area contributed by atoms with Crippen LogP contribution in [0.4, 0.5) is 5.69 Å². The molecule has 2 aromatic rings. The smallest absolute Gasteiger partial charge is 0.261 e. The minimum absolute atomic E-state index is 0. The van der Waals surface area contributed by atoms with Gasteiger partial charge < -0.3 is 20.5 Å². The molecule has 0 spiro atoms. The summed E-state index contributed by atoms with van der Waals surface area (Å²) < 4.78 is 11.1. The molecule has 1 aromatic carbocycles. The van der Waals surface area contributed by atoms with Crippen LogP contribution in [-0.2, 0) is 0 Å². The molecule has 1 aliphatic heterocycles. The molecule has 1 aliphatic rings. The SMILES string of the molecule is COc1csc(C(=O)NC2CC(C)(C)Oc3ccc(N)cc32)c1.Cl. The van der Waals surface area contributed by atoms with Gasteiger partial charge in [-0.1, -0.05) is 0 Å². The average molecular weight is 369 g/mol. The zero-order valence-electron chi connectivity index (χ0n) is 13.8. The lowest BCUT2D eigenvalue weighted by Gasteiger charge is -2.38. The highest BCUT2D eigenvalue weighted by atomic mass is 35.5. The molecule has 1 amide bonds. The van der Waals surface area contributed by atoms with Crippen molar-refractivity contribution in [3.63, 3.8) is 0 Å². The summed E-state index contributed by atoms with van der Waals surface area (Å²) in [4.78, 5) is 13.1. The largest absolute Gasteiger partial charge is 0.496 e. The Bertz CT molecular complexity index is 745. The molecule has 3 N–H and O–H groups in total. The van der Waals surface area contributed by atoms with E-state index in [4.69, 9.17) is 15.2 Å². The number of halogens is 1. The fraction of sp³-hybridized carbons (Fsp3) is 0.353. The second-order valence-electron chi connectivity index (χ2n) is 6.24. The van der Waals surface area contributed by atoms with Crippen LogP contribution in [0, 0.1) is 0 Å². The first-order chi connectivity index (χ1) is 10.9. The number of thiophene rings is 1. The molecule has 0 radical (unpaired) electrons. The van der Waals surface area contributed by atoms with Gasteiger partial charge in [-0.2, -0.15) is 0 Å². The number of ether oxygens (including phenoxy) is 2. The quantitative estimate of drug-likeness (QED) is 0.808. The fourth-order valence-electron chi connectivity index (χ4n) is 2.78. The normalized spacial score (nSPS) is 17.9. The van der Waals surface area contributed by atoms with Crippen LogP contribution in [0.15, 0.2) is 29.6 Å². The van der Waals surface area contributed by atoms with E-state index >= 15 is 0 Å². The van der Waals surface area contributed by atoms with Gasteiger partial charge in [0.1, 0.15) is 17.1 Å². The lowest BCUT2D eigenvalue weighted by atomic mass is 9.89. The Morgan fingerprint density at radius 3 is 2.83 bits per heavy atom. The van der Waals surface area contributed by atoms with Crippen molar-refractivity contribution in [3.05, 3.63) is 40.1 Å². The van der Waals surface area contributed by atoms with Crippen molar-refractivity contribution in [3.8, 4) is 11.5 Å². The minimum atomic E-state index is -0.353. The van der Waals surface area contributed by atoms with Crippen molar-refractivity contribution >= 4 is 35.3 Å². The maximum atomic E-state index is 12.5. The minimum Gasteiger partial charge on any atom is -0.496 e. The van der Waals surface area contributed by atoms with Crippen LogP contribution in [0.1, 0.15) is 41.5 Å². The molecule has 0 saturated heterocycles. The molecule has 24 heavy (non-hydrogen) atoms. The van der Waals surface area contributed by atoms with Gasteiger partial charge in [-0.25, -0.2) is 0 Å². The molecular weight excluding hydrogens is 348 g/mol. The zero-order valence-corrected chi connectivity index (χ0v) is 15.4. The summed E-state index contributed by atoms with van der Waals surface area (Å²) in [6, 6.07) is 7.13. The molecule has 1 aromatic heterocycles. The van der Waals surface area contributed by atoms with E-state index in [0.29, 0.717) is 22.7 Å². The average Bonchev–Trinajstić information content (AvgIpc) is 2.96. The molecule has 1 unspecified atom stereocenters. The van der Waals surface area contributed by atoms with Crippen molar-refractivity contribution in [1.82, 2.24) is 5.32 Å². The molecule has 0 bridgehead atoms. The van der Waals surface area contributed by atoms with E-state index in [9.17, 15) is 4.79 Å². The Morgan fingerprint density at radius 2 is 2.17 bits per heavy atom. The molecule has 1 atom stereocenters. The highest BCUT2D eigenvalue weighted by Gasteiger charge is 2.34. The predicted molar refractivity (Wildman–Crippen MR) is 98.5 cm³/mol. The van der Waals surface area contributed by atoms with Gasteiger partial charge in [0, 0.05) is 29.1 Å². The van der Waals surface area contributed by atoms with E-state index in [0.717, 1.165) is 11.3 Å². The van der Waals surface area contributed by atoms with Crippen LogP contribution in [0.5, 0.6) is 11.5 Å². The van der Waals surface area contributed by atoms with Crippen LogP contribution in [0.2, 0.25) is 0 Å². The third-order valence-electron chi connectivity index (χ3n) is 3.83. The number of hydrogen-bond donors (Lipinski definition) is 2. The maximum absolute atomic E-state index is 12.5. The molecule has 0 saturated carbocycles. The van der Waals surface area contributed by atoms with Gasteiger partial charge in [0.25, 0.3) is 5.91 Å². The van der Waals surface area contributed by atoms with Crippen LogP contribution in [-0.4, -0.2) is 18.6 Å². The van der Waals surface area contributed by atoms with Gasteiger partial charge in [-0.3, -0.25) is 4.79 Å². The molecule has 7 heteroatoms. The fourth-order valence-corrected chi connectivity index (χ4v) is 3.53. The number of amides is 1. The maximum Gasteiger partial charge on any atom is 0.261 e. The van der Waals surface area contributed by atoms with Crippen molar-refractivity contribution < 1.29 is 14.3 Å². The monoisotopic (exact) mass is 368 g/mol. The van der Waals surface area contributed by atoms with Crippen LogP contribution in [0.3, 0.4) is 0 Å². The van der Waals surface area contributed by atoms with Crippen LogP contribution < -0.4 is 20.5 Å². The number of fused-ring (bicyclic) bond motifs is 1. The number of rotatable bonds is 3. The summed E-state index contributed by atoms with van der Waals surface area (Å²) >= 11 is 1.36. The molecule has 130 valence electrons. The first-order valence-corrected chi connectivity index (χ1v) is 8.28. The summed E-state index contributed by atoms with van der Waals surface area (Å²) in [7, 11) is 1.59. The van der Waals surface area contributed by atoms with Gasteiger partial charge in [-0.05, 0) is 32.0 Å². The van der Waals surface area contributed by atoms with Gasteiger partial charge in [0.05, 0.1) is 18.0 Å². The number of hydrogen-bond acceptors (Lipinski definition) is 5. The Kier molecular flexibility index (Phi) is 5.30. The number of carbonyl (C=O) groups is 1. The summed E-state index contributed by atoms with van der Waals surface area (Å²) in [5.41, 5.74) is 7.11. The lowest BCUT2D eigenvalue weighted by molar-refractivity contribution is 0.0621. The Labute approximate surface area is 151 Å². The highest BCUT2D eigenvalue weighted by molar-refractivity contribution is 7.12. The summed E-state index contributed by atoms with van der Waals surface area (Å²) in [5.74, 6) is 1.34. The van der Waals surface area contributed by atoms with Gasteiger partial charge >= 0.3 is 0 Å². The van der Waals surface area contributed by atoms with Gasteiger partial charge in [0.15, 0.2) is 0 Å². The van der Waals surface area contributed by atoms with Crippen molar-refractivity contribution in [2.45, 2.75) is 31.9 Å². The topological polar surface area (TPSA) is 73.6 Å². The number of nitrogens with one attached hydrogen (secondary N) is 1. The van der Waals surface area contributed by atoms with E-state index in [2.05, 4.69) is 5.32 Å². The molecule has 0 fully saturated rings. The van der Waals surface area contributed by atoms with E-state index < -0.39 is 0 Å². The molecule has 2 heterocycles. The van der Waals surface area contributed by atoms with Crippen LogP contribution in [0.25, 0.3) is 0 Å². The predicted octanol–water partition coefficient (Wildman–Crippen LogP) is 3.79. The number of anilines is 1. The highest BCUT2D eigenvalue weighted by Crippen LogP contribution is 2.40. The molecular formula is C17H21ClN2O3S. The number of carbonyl (C=O) groups excluding carboxylic acids is 1. The Hall–Kier alpha value is -1.92. The molecule has 0 aliphatic carbocycles. The van der Waals surface area contributed by atoms with E-state index in [1.54, 1.807) is 13.2 Å².